The second-order valence-electron chi connectivity index (χ2n) is 7.18. The van der Waals surface area contributed by atoms with Crippen molar-refractivity contribution in [1.82, 2.24) is 9.88 Å². The highest BCUT2D eigenvalue weighted by atomic mass is 35.5. The van der Waals surface area contributed by atoms with Gasteiger partial charge in [0, 0.05) is 18.0 Å². The zero-order chi connectivity index (χ0) is 20.8. The number of nitrogens with one attached hydrogen (secondary N) is 1. The first-order valence-electron chi connectivity index (χ1n) is 8.96. The van der Waals surface area contributed by atoms with Crippen molar-refractivity contribution in [2.75, 3.05) is 13.2 Å². The van der Waals surface area contributed by atoms with E-state index in [9.17, 15) is 9.59 Å². The lowest BCUT2D eigenvalue weighted by molar-refractivity contribution is -0.136. The van der Waals surface area contributed by atoms with Crippen LogP contribution in [0.1, 0.15) is 21.6 Å². The first-order chi connectivity index (χ1) is 13.8. The Hall–Kier alpha value is -2.54. The van der Waals surface area contributed by atoms with E-state index in [1.807, 2.05) is 18.2 Å². The average Bonchev–Trinajstić information content (AvgIpc) is 2.99. The van der Waals surface area contributed by atoms with Gasteiger partial charge in [-0.15, -0.1) is 0 Å². The molecule has 1 aliphatic rings. The number of carboxylic acid groups (broad SMARTS) is 1. The van der Waals surface area contributed by atoms with Crippen LogP contribution in [0.15, 0.2) is 42.5 Å². The maximum atomic E-state index is 13.1. The number of hydrogen-bond donors (Lipinski definition) is 2. The third-order valence-electron chi connectivity index (χ3n) is 5.26. The van der Waals surface area contributed by atoms with Crippen molar-refractivity contribution in [2.45, 2.75) is 12.0 Å². The van der Waals surface area contributed by atoms with Gasteiger partial charge in [-0.2, -0.15) is 0 Å². The summed E-state index contributed by atoms with van der Waals surface area (Å²) in [4.78, 5) is 24.0. The number of nitrogens with zero attached hydrogens (tertiary/aromatic N) is 1. The lowest BCUT2D eigenvalue weighted by Gasteiger charge is -2.42. The fourth-order valence-electron chi connectivity index (χ4n) is 3.58. The highest BCUT2D eigenvalue weighted by Crippen LogP contribution is 2.34. The summed E-state index contributed by atoms with van der Waals surface area (Å²) in [5, 5.41) is 13.6. The van der Waals surface area contributed by atoms with Gasteiger partial charge in [0.1, 0.15) is 11.2 Å². The molecule has 2 aromatic carbocycles. The number of fused-ring (bicyclic) bond motifs is 1. The minimum absolute atomic E-state index is 0.0462. The molecule has 8 heteroatoms. The number of ether oxygens (including phenoxy) is 1. The number of benzene rings is 2. The molecule has 150 valence electrons. The van der Waals surface area contributed by atoms with Crippen molar-refractivity contribution in [3.63, 3.8) is 0 Å². The Balaban J connectivity index is 1.63. The zero-order valence-electron chi connectivity index (χ0n) is 15.5. The molecule has 1 fully saturated rings. The molecule has 4 rings (SSSR count). The van der Waals surface area contributed by atoms with Gasteiger partial charge in [-0.3, -0.25) is 9.59 Å². The maximum absolute atomic E-state index is 13.1. The topological polar surface area (TPSA) is 80.6 Å². The zero-order valence-corrected chi connectivity index (χ0v) is 17.0. The fraction of sp³-hybridized carbons (Fsp3) is 0.238. The SMILES string of the molecule is Cn1c(C(=O)NC2(c3ccc(CC(=O)O)cc3)COC2)cc2c(Cl)c(Cl)ccc21. The second kappa shape index (κ2) is 7.37. The van der Waals surface area contributed by atoms with E-state index < -0.39 is 11.5 Å². The van der Waals surface area contributed by atoms with Crippen molar-refractivity contribution in [1.29, 1.82) is 0 Å². The summed E-state index contributed by atoms with van der Waals surface area (Å²) in [7, 11) is 1.80. The van der Waals surface area contributed by atoms with Gasteiger partial charge >= 0.3 is 5.97 Å². The molecule has 0 saturated carbocycles. The predicted molar refractivity (Wildman–Crippen MR) is 111 cm³/mol. The summed E-state index contributed by atoms with van der Waals surface area (Å²) in [6, 6.07) is 12.4. The standard InChI is InChI=1S/C21H18Cl2N2O4/c1-25-16-7-6-15(22)19(23)14(16)9-17(25)20(28)24-21(10-29-11-21)13-4-2-12(3-5-13)8-18(26)27/h2-7,9H,8,10-11H2,1H3,(H,24,28)(H,26,27). The number of carbonyl (C=O) groups is 2. The third-order valence-corrected chi connectivity index (χ3v) is 6.08. The molecule has 0 spiro atoms. The largest absolute Gasteiger partial charge is 0.481 e. The van der Waals surface area contributed by atoms with Gasteiger partial charge in [-0.1, -0.05) is 47.5 Å². The molecule has 0 aliphatic carbocycles. The summed E-state index contributed by atoms with van der Waals surface area (Å²) in [6.07, 6.45) is -0.0462. The van der Waals surface area contributed by atoms with Crippen molar-refractivity contribution in [2.24, 2.45) is 7.05 Å². The maximum Gasteiger partial charge on any atom is 0.307 e. The highest BCUT2D eigenvalue weighted by molar-refractivity contribution is 6.45. The second-order valence-corrected chi connectivity index (χ2v) is 7.96. The van der Waals surface area contributed by atoms with E-state index in [0.29, 0.717) is 39.9 Å². The molecule has 29 heavy (non-hydrogen) atoms. The molecule has 6 nitrogen and oxygen atoms in total. The van der Waals surface area contributed by atoms with Crippen LogP contribution < -0.4 is 5.32 Å². The van der Waals surface area contributed by atoms with Crippen LogP contribution in [0.3, 0.4) is 0 Å². The first-order valence-corrected chi connectivity index (χ1v) is 9.71. The van der Waals surface area contributed by atoms with Crippen LogP contribution in [0.25, 0.3) is 10.9 Å². The molecule has 1 aromatic heterocycles. The minimum atomic E-state index is -0.887. The van der Waals surface area contributed by atoms with Gasteiger partial charge in [-0.25, -0.2) is 0 Å². The van der Waals surface area contributed by atoms with Crippen LogP contribution >= 0.6 is 23.2 Å². The van der Waals surface area contributed by atoms with Crippen LogP contribution in [0.2, 0.25) is 10.0 Å². The molecule has 1 saturated heterocycles. The molecule has 1 aliphatic heterocycles. The van der Waals surface area contributed by atoms with Crippen LogP contribution in [0, 0.1) is 0 Å². The molecule has 1 amide bonds. The fourth-order valence-corrected chi connectivity index (χ4v) is 3.96. The van der Waals surface area contributed by atoms with Gasteiger partial charge in [0.15, 0.2) is 0 Å². The smallest absolute Gasteiger partial charge is 0.307 e. The molecule has 0 unspecified atom stereocenters. The molecule has 2 N–H and O–H groups in total. The van der Waals surface area contributed by atoms with E-state index >= 15 is 0 Å². The van der Waals surface area contributed by atoms with Gasteiger partial charge in [0.2, 0.25) is 0 Å². The third kappa shape index (κ3) is 3.48. The summed E-state index contributed by atoms with van der Waals surface area (Å²) >= 11 is 12.4. The summed E-state index contributed by atoms with van der Waals surface area (Å²) in [5.74, 6) is -1.14. The van der Waals surface area contributed by atoms with Gasteiger partial charge in [0.25, 0.3) is 5.91 Å². The van der Waals surface area contributed by atoms with Crippen LogP contribution in [-0.2, 0) is 28.5 Å². The number of aromatic nitrogens is 1. The van der Waals surface area contributed by atoms with Crippen molar-refractivity contribution in [3.05, 3.63) is 69.3 Å². The summed E-state index contributed by atoms with van der Waals surface area (Å²) in [6.45, 7) is 0.682. The number of aryl methyl sites for hydroxylation is 1. The Kier molecular flexibility index (Phi) is 5.02. The lowest BCUT2D eigenvalue weighted by atomic mass is 9.87. The lowest BCUT2D eigenvalue weighted by Crippen LogP contribution is -2.59. The van der Waals surface area contributed by atoms with Crippen molar-refractivity contribution < 1.29 is 19.4 Å². The Morgan fingerprint density at radius 2 is 1.86 bits per heavy atom. The minimum Gasteiger partial charge on any atom is -0.481 e. The van der Waals surface area contributed by atoms with Crippen LogP contribution in [-0.4, -0.2) is 34.8 Å². The number of amides is 1. The van der Waals surface area contributed by atoms with E-state index in [2.05, 4.69) is 5.32 Å². The Morgan fingerprint density at radius 3 is 2.45 bits per heavy atom. The van der Waals surface area contributed by atoms with Crippen LogP contribution in [0.4, 0.5) is 0 Å². The van der Waals surface area contributed by atoms with Crippen molar-refractivity contribution >= 4 is 46.0 Å². The Bertz CT molecular complexity index is 1120. The molecule has 0 radical (unpaired) electrons. The van der Waals surface area contributed by atoms with Gasteiger partial charge in [-0.05, 0) is 29.3 Å². The monoisotopic (exact) mass is 432 g/mol. The van der Waals surface area contributed by atoms with Gasteiger partial charge < -0.3 is 19.7 Å². The quantitative estimate of drug-likeness (QED) is 0.642. The number of carboxylic acids is 1. The average molecular weight is 433 g/mol. The van der Waals surface area contributed by atoms with Crippen molar-refractivity contribution in [3.8, 4) is 0 Å². The number of carbonyl (C=O) groups excluding carboxylic acids is 1. The summed E-state index contributed by atoms with van der Waals surface area (Å²) in [5.41, 5.74) is 2.17. The molecule has 0 atom stereocenters. The molecular weight excluding hydrogens is 415 g/mol. The normalized spacial score (nSPS) is 15.1. The first kappa shape index (κ1) is 19.8. The number of hydrogen-bond acceptors (Lipinski definition) is 3. The van der Waals surface area contributed by atoms with E-state index in [1.165, 1.54) is 0 Å². The number of rotatable bonds is 5. The molecule has 0 bridgehead atoms. The van der Waals surface area contributed by atoms with Gasteiger partial charge in [0.05, 0.1) is 29.7 Å². The molecule has 2 heterocycles. The van der Waals surface area contributed by atoms with Crippen LogP contribution in [0.5, 0.6) is 0 Å². The molecular formula is C21H18Cl2N2O4. The predicted octanol–water partition coefficient (Wildman–Crippen LogP) is 3.77. The van der Waals surface area contributed by atoms with E-state index in [1.54, 1.807) is 35.9 Å². The Labute approximate surface area is 177 Å². The summed E-state index contributed by atoms with van der Waals surface area (Å²) < 4.78 is 7.17. The Morgan fingerprint density at radius 1 is 1.17 bits per heavy atom. The van der Waals surface area contributed by atoms with E-state index in [4.69, 9.17) is 33.0 Å². The number of aliphatic carboxylic acids is 1. The highest BCUT2D eigenvalue weighted by Gasteiger charge is 2.42. The van der Waals surface area contributed by atoms with E-state index in [0.717, 1.165) is 11.1 Å². The number of halogens is 2. The molecule has 3 aromatic rings. The van der Waals surface area contributed by atoms with E-state index in [-0.39, 0.29) is 12.3 Å².